The summed E-state index contributed by atoms with van der Waals surface area (Å²) in [4.78, 5) is 12.0. The molecule has 1 aromatic rings. The van der Waals surface area contributed by atoms with Crippen molar-refractivity contribution in [1.82, 2.24) is 5.32 Å². The summed E-state index contributed by atoms with van der Waals surface area (Å²) in [6, 6.07) is 5.74. The van der Waals surface area contributed by atoms with Crippen LogP contribution in [0.15, 0.2) is 22.7 Å². The second-order valence-corrected chi connectivity index (χ2v) is 5.01. The number of hydrogen-bond acceptors (Lipinski definition) is 2. The van der Waals surface area contributed by atoms with E-state index in [9.17, 15) is 4.79 Å². The summed E-state index contributed by atoms with van der Waals surface area (Å²) < 4.78 is 0.770. The highest BCUT2D eigenvalue weighted by molar-refractivity contribution is 9.10. The van der Waals surface area contributed by atoms with Crippen LogP contribution in [0.25, 0.3) is 0 Å². The highest BCUT2D eigenvalue weighted by atomic mass is 79.9. The van der Waals surface area contributed by atoms with E-state index >= 15 is 0 Å². The van der Waals surface area contributed by atoms with Gasteiger partial charge in [-0.2, -0.15) is 0 Å². The largest absolute Gasteiger partial charge is 0.397 e. The lowest BCUT2D eigenvalue weighted by atomic mass is 10.1. The van der Waals surface area contributed by atoms with Crippen molar-refractivity contribution in [3.63, 3.8) is 0 Å². The fraction of sp³-hybridized carbons (Fsp3) is 0.417. The minimum Gasteiger partial charge on any atom is -0.397 e. The Morgan fingerprint density at radius 1 is 1.38 bits per heavy atom. The Bertz CT molecular complexity index is 400. The van der Waals surface area contributed by atoms with Gasteiger partial charge in [-0.1, -0.05) is 18.9 Å². The number of benzene rings is 1. The maximum Gasteiger partial charge on any atom is 0.253 e. The number of carbonyl (C=O) groups is 1. The first kappa shape index (κ1) is 11.5. The molecule has 0 spiro atoms. The van der Waals surface area contributed by atoms with Crippen LogP contribution >= 0.6 is 15.9 Å². The molecule has 2 rings (SSSR count). The van der Waals surface area contributed by atoms with E-state index in [-0.39, 0.29) is 5.91 Å². The fourth-order valence-corrected chi connectivity index (χ4v) is 2.43. The zero-order valence-electron chi connectivity index (χ0n) is 9.00. The molecule has 1 amide bonds. The Morgan fingerprint density at radius 2 is 2.06 bits per heavy atom. The van der Waals surface area contributed by atoms with E-state index in [4.69, 9.17) is 5.73 Å². The normalized spacial score (nSPS) is 16.3. The SMILES string of the molecule is Nc1c(Br)cccc1C(=O)NC1CCCC1. The van der Waals surface area contributed by atoms with Gasteiger partial charge in [0.1, 0.15) is 0 Å². The smallest absolute Gasteiger partial charge is 0.253 e. The standard InChI is InChI=1S/C12H15BrN2O/c13-10-7-3-6-9(11(10)14)12(16)15-8-4-1-2-5-8/h3,6-8H,1-2,4-5,14H2,(H,15,16). The summed E-state index contributed by atoms with van der Waals surface area (Å²) in [7, 11) is 0. The molecule has 1 fully saturated rings. The van der Waals surface area contributed by atoms with Gasteiger partial charge >= 0.3 is 0 Å². The number of carbonyl (C=O) groups excluding carboxylic acids is 1. The Kier molecular flexibility index (Phi) is 3.49. The van der Waals surface area contributed by atoms with Crippen LogP contribution in [-0.4, -0.2) is 11.9 Å². The third-order valence-electron chi connectivity index (χ3n) is 2.99. The molecule has 1 saturated carbocycles. The number of nitrogens with two attached hydrogens (primary N) is 1. The van der Waals surface area contributed by atoms with E-state index in [1.165, 1.54) is 12.8 Å². The van der Waals surface area contributed by atoms with Crippen LogP contribution in [0.2, 0.25) is 0 Å². The molecular weight excluding hydrogens is 268 g/mol. The summed E-state index contributed by atoms with van der Waals surface area (Å²) in [6.45, 7) is 0. The third kappa shape index (κ3) is 2.38. The number of hydrogen-bond donors (Lipinski definition) is 2. The van der Waals surface area contributed by atoms with E-state index in [2.05, 4.69) is 21.2 Å². The molecule has 0 heterocycles. The van der Waals surface area contributed by atoms with Gasteiger partial charge in [0.25, 0.3) is 5.91 Å². The lowest BCUT2D eigenvalue weighted by Crippen LogP contribution is -2.33. The predicted octanol–water partition coefficient (Wildman–Crippen LogP) is 2.70. The van der Waals surface area contributed by atoms with E-state index in [0.717, 1.165) is 17.3 Å². The van der Waals surface area contributed by atoms with Crippen molar-refractivity contribution in [2.24, 2.45) is 0 Å². The van der Waals surface area contributed by atoms with Crippen LogP contribution in [-0.2, 0) is 0 Å². The molecular formula is C12H15BrN2O. The molecule has 0 unspecified atom stereocenters. The topological polar surface area (TPSA) is 55.1 Å². The van der Waals surface area contributed by atoms with Crippen LogP contribution in [0.1, 0.15) is 36.0 Å². The van der Waals surface area contributed by atoms with Gasteiger partial charge in [-0.25, -0.2) is 0 Å². The molecule has 1 aliphatic rings. The molecule has 0 bridgehead atoms. The monoisotopic (exact) mass is 282 g/mol. The number of halogens is 1. The first-order valence-electron chi connectivity index (χ1n) is 5.53. The Hall–Kier alpha value is -1.03. The lowest BCUT2D eigenvalue weighted by Gasteiger charge is -2.13. The average Bonchev–Trinajstić information content (AvgIpc) is 2.74. The molecule has 16 heavy (non-hydrogen) atoms. The minimum absolute atomic E-state index is 0.0642. The van der Waals surface area contributed by atoms with Gasteiger partial charge in [-0.15, -0.1) is 0 Å². The second-order valence-electron chi connectivity index (χ2n) is 4.16. The highest BCUT2D eigenvalue weighted by Crippen LogP contribution is 2.24. The third-order valence-corrected chi connectivity index (χ3v) is 3.68. The van der Waals surface area contributed by atoms with Gasteiger partial charge in [0.2, 0.25) is 0 Å². The van der Waals surface area contributed by atoms with Crippen molar-refractivity contribution in [1.29, 1.82) is 0 Å². The molecule has 0 atom stereocenters. The lowest BCUT2D eigenvalue weighted by molar-refractivity contribution is 0.0938. The second kappa shape index (κ2) is 4.87. The predicted molar refractivity (Wildman–Crippen MR) is 68.3 cm³/mol. The first-order chi connectivity index (χ1) is 7.68. The highest BCUT2D eigenvalue weighted by Gasteiger charge is 2.19. The minimum atomic E-state index is -0.0642. The van der Waals surface area contributed by atoms with Crippen LogP contribution in [0, 0.1) is 0 Å². The molecule has 0 radical (unpaired) electrons. The quantitative estimate of drug-likeness (QED) is 0.820. The molecule has 4 heteroatoms. The average molecular weight is 283 g/mol. The van der Waals surface area contributed by atoms with E-state index in [1.54, 1.807) is 6.07 Å². The molecule has 3 N–H and O–H groups in total. The van der Waals surface area contributed by atoms with Gasteiger partial charge in [0, 0.05) is 10.5 Å². The van der Waals surface area contributed by atoms with Crippen LogP contribution in [0.4, 0.5) is 5.69 Å². The van der Waals surface area contributed by atoms with Crippen molar-refractivity contribution in [3.8, 4) is 0 Å². The number of para-hydroxylation sites is 1. The number of nitrogen functional groups attached to an aromatic ring is 1. The number of rotatable bonds is 2. The Labute approximate surface area is 104 Å². The van der Waals surface area contributed by atoms with E-state index < -0.39 is 0 Å². The summed E-state index contributed by atoms with van der Waals surface area (Å²) in [5.41, 5.74) is 6.92. The number of anilines is 1. The van der Waals surface area contributed by atoms with Gasteiger partial charge in [0.05, 0.1) is 11.3 Å². The molecule has 3 nitrogen and oxygen atoms in total. The number of nitrogens with one attached hydrogen (secondary N) is 1. The molecule has 1 aromatic carbocycles. The molecule has 0 aromatic heterocycles. The Balaban J connectivity index is 2.11. The van der Waals surface area contributed by atoms with E-state index in [0.29, 0.717) is 17.3 Å². The first-order valence-corrected chi connectivity index (χ1v) is 6.32. The van der Waals surface area contributed by atoms with Crippen LogP contribution < -0.4 is 11.1 Å². The van der Waals surface area contributed by atoms with Gasteiger partial charge in [-0.05, 0) is 40.9 Å². The number of amides is 1. The van der Waals surface area contributed by atoms with Gasteiger partial charge < -0.3 is 11.1 Å². The fourth-order valence-electron chi connectivity index (χ4n) is 2.07. The Morgan fingerprint density at radius 3 is 2.75 bits per heavy atom. The molecule has 0 saturated heterocycles. The maximum atomic E-state index is 12.0. The van der Waals surface area contributed by atoms with Crippen molar-refractivity contribution in [2.45, 2.75) is 31.7 Å². The summed E-state index contributed by atoms with van der Waals surface area (Å²) in [6.07, 6.45) is 4.58. The van der Waals surface area contributed by atoms with Crippen molar-refractivity contribution in [2.75, 3.05) is 5.73 Å². The summed E-state index contributed by atoms with van der Waals surface area (Å²) in [5.74, 6) is -0.0642. The van der Waals surface area contributed by atoms with Crippen molar-refractivity contribution >= 4 is 27.5 Å². The van der Waals surface area contributed by atoms with Gasteiger partial charge in [-0.3, -0.25) is 4.79 Å². The van der Waals surface area contributed by atoms with E-state index in [1.807, 2.05) is 12.1 Å². The van der Waals surface area contributed by atoms with Crippen molar-refractivity contribution in [3.05, 3.63) is 28.2 Å². The van der Waals surface area contributed by atoms with Crippen LogP contribution in [0.3, 0.4) is 0 Å². The summed E-state index contributed by atoms with van der Waals surface area (Å²) >= 11 is 3.32. The molecule has 86 valence electrons. The van der Waals surface area contributed by atoms with Gasteiger partial charge in [0.15, 0.2) is 0 Å². The molecule has 0 aliphatic heterocycles. The zero-order chi connectivity index (χ0) is 11.5. The zero-order valence-corrected chi connectivity index (χ0v) is 10.6. The maximum absolute atomic E-state index is 12.0. The molecule has 1 aliphatic carbocycles. The van der Waals surface area contributed by atoms with Crippen LogP contribution in [0.5, 0.6) is 0 Å². The van der Waals surface area contributed by atoms with Crippen molar-refractivity contribution < 1.29 is 4.79 Å². The summed E-state index contributed by atoms with van der Waals surface area (Å²) in [5, 5.41) is 3.02.